The Bertz CT molecular complexity index is 1070. The van der Waals surface area contributed by atoms with Crippen molar-refractivity contribution in [3.8, 4) is 11.1 Å². The van der Waals surface area contributed by atoms with Gasteiger partial charge in [0.2, 0.25) is 5.91 Å². The first-order valence-corrected chi connectivity index (χ1v) is 10.8. The quantitative estimate of drug-likeness (QED) is 0.392. The van der Waals surface area contributed by atoms with Crippen molar-refractivity contribution in [1.82, 2.24) is 10.8 Å². The number of amides is 2. The number of anilines is 1. The summed E-state index contributed by atoms with van der Waals surface area (Å²) in [4.78, 5) is 26.2. The van der Waals surface area contributed by atoms with Crippen LogP contribution in [0.3, 0.4) is 0 Å². The van der Waals surface area contributed by atoms with E-state index in [2.05, 4.69) is 53.5 Å². The molecular formula is C26H27N3O3. The Morgan fingerprint density at radius 1 is 1.03 bits per heavy atom. The van der Waals surface area contributed by atoms with Gasteiger partial charge in [-0.2, -0.15) is 0 Å². The summed E-state index contributed by atoms with van der Waals surface area (Å²) in [5, 5.41) is 11.8. The van der Waals surface area contributed by atoms with Crippen LogP contribution in [0.4, 0.5) is 5.69 Å². The SMILES string of the molecule is CC(CN(c1ccc(C(=O)NO)cc1)C1CCNC1=O)c1ccc(-c2ccccc2)cc1. The molecule has 1 aliphatic heterocycles. The average Bonchev–Trinajstić information content (AvgIpc) is 3.28. The van der Waals surface area contributed by atoms with E-state index in [-0.39, 0.29) is 17.9 Å². The van der Waals surface area contributed by atoms with Crippen molar-refractivity contribution in [3.05, 3.63) is 90.0 Å². The molecule has 0 aromatic heterocycles. The Morgan fingerprint density at radius 3 is 2.28 bits per heavy atom. The van der Waals surface area contributed by atoms with E-state index in [0.29, 0.717) is 18.7 Å². The lowest BCUT2D eigenvalue weighted by atomic mass is 9.96. The van der Waals surface area contributed by atoms with Gasteiger partial charge >= 0.3 is 0 Å². The lowest BCUT2D eigenvalue weighted by Gasteiger charge is -2.32. The van der Waals surface area contributed by atoms with E-state index in [1.54, 1.807) is 17.6 Å². The average molecular weight is 430 g/mol. The molecule has 1 aliphatic rings. The fourth-order valence-corrected chi connectivity index (χ4v) is 4.19. The molecule has 2 amide bonds. The number of hydroxylamine groups is 1. The minimum Gasteiger partial charge on any atom is -0.359 e. The van der Waals surface area contributed by atoms with Crippen LogP contribution in [-0.4, -0.2) is 36.2 Å². The van der Waals surface area contributed by atoms with Crippen LogP contribution in [0.5, 0.6) is 0 Å². The minimum absolute atomic E-state index is 0.0220. The van der Waals surface area contributed by atoms with Crippen molar-refractivity contribution >= 4 is 17.5 Å². The molecular weight excluding hydrogens is 402 g/mol. The number of hydrogen-bond donors (Lipinski definition) is 3. The number of benzene rings is 3. The van der Waals surface area contributed by atoms with Gasteiger partial charge in [0.05, 0.1) is 0 Å². The molecule has 0 aliphatic carbocycles. The predicted octanol–water partition coefficient (Wildman–Crippen LogP) is 3.97. The van der Waals surface area contributed by atoms with Crippen LogP contribution in [0.2, 0.25) is 0 Å². The van der Waals surface area contributed by atoms with E-state index in [1.807, 2.05) is 30.3 Å². The smallest absolute Gasteiger partial charge is 0.274 e. The highest BCUT2D eigenvalue weighted by Gasteiger charge is 2.31. The summed E-state index contributed by atoms with van der Waals surface area (Å²) in [6, 6.07) is 25.5. The van der Waals surface area contributed by atoms with Crippen LogP contribution in [0.25, 0.3) is 11.1 Å². The molecule has 1 saturated heterocycles. The maximum atomic E-state index is 12.5. The van der Waals surface area contributed by atoms with Crippen LogP contribution >= 0.6 is 0 Å². The number of hydrogen-bond acceptors (Lipinski definition) is 4. The molecule has 164 valence electrons. The molecule has 32 heavy (non-hydrogen) atoms. The monoisotopic (exact) mass is 429 g/mol. The minimum atomic E-state index is -0.561. The van der Waals surface area contributed by atoms with Gasteiger partial charge in [-0.25, -0.2) is 5.48 Å². The maximum absolute atomic E-state index is 12.5. The summed E-state index contributed by atoms with van der Waals surface area (Å²) in [5.41, 5.74) is 6.43. The van der Waals surface area contributed by atoms with Gasteiger partial charge in [-0.3, -0.25) is 14.8 Å². The molecule has 4 rings (SSSR count). The zero-order chi connectivity index (χ0) is 22.5. The van der Waals surface area contributed by atoms with Gasteiger partial charge in [0.25, 0.3) is 5.91 Å². The third-order valence-corrected chi connectivity index (χ3v) is 6.02. The molecule has 2 atom stereocenters. The summed E-state index contributed by atoms with van der Waals surface area (Å²) < 4.78 is 0. The van der Waals surface area contributed by atoms with Crippen molar-refractivity contribution in [1.29, 1.82) is 0 Å². The molecule has 2 unspecified atom stereocenters. The molecule has 6 nitrogen and oxygen atoms in total. The van der Waals surface area contributed by atoms with Crippen molar-refractivity contribution in [2.45, 2.75) is 25.3 Å². The summed E-state index contributed by atoms with van der Waals surface area (Å²) in [6.07, 6.45) is 0.734. The van der Waals surface area contributed by atoms with Crippen LogP contribution in [0.1, 0.15) is 35.2 Å². The van der Waals surface area contributed by atoms with Crippen LogP contribution in [0.15, 0.2) is 78.9 Å². The molecule has 6 heteroatoms. The third-order valence-electron chi connectivity index (χ3n) is 6.02. The van der Waals surface area contributed by atoms with Gasteiger partial charge in [0.1, 0.15) is 6.04 Å². The molecule has 3 N–H and O–H groups in total. The first kappa shape index (κ1) is 21.6. The van der Waals surface area contributed by atoms with E-state index in [9.17, 15) is 9.59 Å². The predicted molar refractivity (Wildman–Crippen MR) is 125 cm³/mol. The Balaban J connectivity index is 1.55. The normalized spacial score (nSPS) is 16.3. The van der Waals surface area contributed by atoms with Gasteiger partial charge in [0, 0.05) is 24.3 Å². The van der Waals surface area contributed by atoms with Crippen LogP contribution in [0, 0.1) is 0 Å². The highest BCUT2D eigenvalue weighted by atomic mass is 16.5. The summed E-state index contributed by atoms with van der Waals surface area (Å²) in [6.45, 7) is 3.48. The van der Waals surface area contributed by atoms with Gasteiger partial charge in [-0.1, -0.05) is 61.5 Å². The lowest BCUT2D eigenvalue weighted by molar-refractivity contribution is -0.120. The molecule has 0 bridgehead atoms. The maximum Gasteiger partial charge on any atom is 0.274 e. The zero-order valence-electron chi connectivity index (χ0n) is 18.0. The van der Waals surface area contributed by atoms with Gasteiger partial charge in [-0.15, -0.1) is 0 Å². The number of nitrogens with one attached hydrogen (secondary N) is 2. The first-order chi connectivity index (χ1) is 15.6. The van der Waals surface area contributed by atoms with Crippen molar-refractivity contribution in [3.63, 3.8) is 0 Å². The Morgan fingerprint density at radius 2 is 1.69 bits per heavy atom. The standard InChI is InChI=1S/C26H27N3O3/c1-18(19-7-9-21(10-8-19)20-5-3-2-4-6-20)17-29(24-15-16-27-26(24)31)23-13-11-22(12-14-23)25(30)28-32/h2-14,18,24,32H,15-17H2,1H3,(H,27,31)(H,28,30). The van der Waals surface area contributed by atoms with E-state index < -0.39 is 5.91 Å². The number of rotatable bonds is 7. The number of carbonyl (C=O) groups is 2. The molecule has 0 saturated carbocycles. The third kappa shape index (κ3) is 4.65. The Labute approximate surface area is 187 Å². The van der Waals surface area contributed by atoms with E-state index >= 15 is 0 Å². The largest absolute Gasteiger partial charge is 0.359 e. The van der Waals surface area contributed by atoms with Gasteiger partial charge in [-0.05, 0) is 53.3 Å². The molecule has 3 aromatic rings. The van der Waals surface area contributed by atoms with E-state index in [1.165, 1.54) is 16.7 Å². The highest BCUT2D eigenvalue weighted by Crippen LogP contribution is 2.28. The number of carbonyl (C=O) groups excluding carboxylic acids is 2. The summed E-state index contributed by atoms with van der Waals surface area (Å²) in [7, 11) is 0. The molecule has 3 aromatic carbocycles. The number of nitrogens with zero attached hydrogens (tertiary/aromatic N) is 1. The fourth-order valence-electron chi connectivity index (χ4n) is 4.19. The molecule has 1 fully saturated rings. The van der Waals surface area contributed by atoms with E-state index in [4.69, 9.17) is 5.21 Å². The van der Waals surface area contributed by atoms with Gasteiger partial charge in [0.15, 0.2) is 0 Å². The Kier molecular flexibility index (Phi) is 6.52. The lowest BCUT2D eigenvalue weighted by Crippen LogP contribution is -2.42. The van der Waals surface area contributed by atoms with Crippen molar-refractivity contribution in [2.75, 3.05) is 18.0 Å². The zero-order valence-corrected chi connectivity index (χ0v) is 18.0. The molecule has 1 heterocycles. The van der Waals surface area contributed by atoms with Crippen LogP contribution in [-0.2, 0) is 4.79 Å². The van der Waals surface area contributed by atoms with E-state index in [0.717, 1.165) is 12.1 Å². The topological polar surface area (TPSA) is 81.7 Å². The molecule has 0 spiro atoms. The van der Waals surface area contributed by atoms with Gasteiger partial charge < -0.3 is 10.2 Å². The fraction of sp³-hybridized carbons (Fsp3) is 0.231. The van der Waals surface area contributed by atoms with Crippen molar-refractivity contribution < 1.29 is 14.8 Å². The second kappa shape index (κ2) is 9.66. The molecule has 0 radical (unpaired) electrons. The van der Waals surface area contributed by atoms with Crippen LogP contribution < -0.4 is 15.7 Å². The Hall–Kier alpha value is -3.64. The van der Waals surface area contributed by atoms with Crippen molar-refractivity contribution in [2.24, 2.45) is 0 Å². The first-order valence-electron chi connectivity index (χ1n) is 10.8. The second-order valence-electron chi connectivity index (χ2n) is 8.12. The summed E-state index contributed by atoms with van der Waals surface area (Å²) in [5.74, 6) is -0.351. The highest BCUT2D eigenvalue weighted by molar-refractivity contribution is 5.94. The summed E-state index contributed by atoms with van der Waals surface area (Å²) >= 11 is 0. The second-order valence-corrected chi connectivity index (χ2v) is 8.12.